The predicted molar refractivity (Wildman–Crippen MR) is 71.4 cm³/mol. The topological polar surface area (TPSA) is 34.1 Å². The van der Waals surface area contributed by atoms with Crippen molar-refractivity contribution in [1.29, 1.82) is 0 Å². The Hall–Kier alpha value is -1.14. The molecule has 0 fully saturated rings. The summed E-state index contributed by atoms with van der Waals surface area (Å²) in [6.07, 6.45) is -0.585. The summed E-state index contributed by atoms with van der Waals surface area (Å²) < 4.78 is 44.3. The first kappa shape index (κ1) is 16.9. The van der Waals surface area contributed by atoms with Gasteiger partial charge in [-0.1, -0.05) is 6.92 Å². The van der Waals surface area contributed by atoms with Crippen LogP contribution in [0.25, 0.3) is 0 Å². The summed E-state index contributed by atoms with van der Waals surface area (Å²) in [7, 11) is 0. The highest BCUT2D eigenvalue weighted by molar-refractivity contribution is 5.29. The predicted octanol–water partition coefficient (Wildman–Crippen LogP) is 3.57. The van der Waals surface area contributed by atoms with Crippen molar-refractivity contribution in [2.75, 3.05) is 19.8 Å². The number of hydrogen-bond acceptors (Lipinski definition) is 3. The molecular weight excluding hydrogens is 269 g/mol. The molecule has 1 N–H and O–H groups in total. The van der Waals surface area contributed by atoms with Gasteiger partial charge in [0.05, 0.1) is 5.56 Å². The second kappa shape index (κ2) is 8.21. The molecule has 0 saturated heterocycles. The smallest absolute Gasteiger partial charge is 0.382 e. The molecule has 114 valence electrons. The third-order valence-electron chi connectivity index (χ3n) is 2.97. The third-order valence-corrected chi connectivity index (χ3v) is 2.97. The summed E-state index contributed by atoms with van der Waals surface area (Å²) in [6, 6.07) is 0.674. The van der Waals surface area contributed by atoms with Crippen molar-refractivity contribution in [3.63, 3.8) is 0 Å². The molecule has 0 radical (unpaired) electrons. The first-order valence-electron chi connectivity index (χ1n) is 6.82. The summed E-state index contributed by atoms with van der Waals surface area (Å²) in [5.74, 6) is 0. The van der Waals surface area contributed by atoms with Crippen LogP contribution < -0.4 is 5.32 Å². The number of hydrogen-bond donors (Lipinski definition) is 1. The van der Waals surface area contributed by atoms with E-state index >= 15 is 0 Å². The fourth-order valence-corrected chi connectivity index (χ4v) is 2.09. The second-order valence-electron chi connectivity index (χ2n) is 4.41. The zero-order valence-corrected chi connectivity index (χ0v) is 11.8. The van der Waals surface area contributed by atoms with Gasteiger partial charge in [-0.2, -0.15) is 13.2 Å². The number of pyridine rings is 1. The molecule has 3 nitrogen and oxygen atoms in total. The van der Waals surface area contributed by atoms with E-state index in [0.29, 0.717) is 32.6 Å². The molecule has 0 bridgehead atoms. The molecule has 20 heavy (non-hydrogen) atoms. The van der Waals surface area contributed by atoms with Crippen LogP contribution in [0.5, 0.6) is 0 Å². The number of ether oxygens (including phenoxy) is 1. The number of nitrogens with zero attached hydrogens (tertiary/aromatic N) is 1. The van der Waals surface area contributed by atoms with Crippen molar-refractivity contribution in [2.24, 2.45) is 0 Å². The number of rotatable bonds is 8. The zero-order valence-electron chi connectivity index (χ0n) is 11.8. The van der Waals surface area contributed by atoms with E-state index in [0.717, 1.165) is 6.07 Å². The van der Waals surface area contributed by atoms with Crippen LogP contribution in [-0.4, -0.2) is 24.7 Å². The lowest BCUT2D eigenvalue weighted by atomic mass is 9.98. The van der Waals surface area contributed by atoms with Crippen LogP contribution >= 0.6 is 0 Å². The highest BCUT2D eigenvalue weighted by Gasteiger charge is 2.35. The lowest BCUT2D eigenvalue weighted by Gasteiger charge is -2.22. The first-order chi connectivity index (χ1) is 9.50. The van der Waals surface area contributed by atoms with Crippen molar-refractivity contribution in [1.82, 2.24) is 10.3 Å². The molecule has 1 heterocycles. The lowest BCUT2D eigenvalue weighted by Crippen LogP contribution is -2.24. The van der Waals surface area contributed by atoms with Gasteiger partial charge in [0.25, 0.3) is 0 Å². The normalized spacial score (nSPS) is 13.4. The van der Waals surface area contributed by atoms with Gasteiger partial charge < -0.3 is 10.1 Å². The summed E-state index contributed by atoms with van der Waals surface area (Å²) in [5.41, 5.74) is -0.409. The Morgan fingerprint density at radius 3 is 2.70 bits per heavy atom. The highest BCUT2D eigenvalue weighted by atomic mass is 19.4. The second-order valence-corrected chi connectivity index (χ2v) is 4.41. The maximum Gasteiger partial charge on any atom is 0.416 e. The van der Waals surface area contributed by atoms with Gasteiger partial charge in [0.15, 0.2) is 0 Å². The Kier molecular flexibility index (Phi) is 6.95. The highest BCUT2D eigenvalue weighted by Crippen LogP contribution is 2.35. The lowest BCUT2D eigenvalue weighted by molar-refractivity contribution is -0.138. The van der Waals surface area contributed by atoms with Crippen molar-refractivity contribution < 1.29 is 17.9 Å². The van der Waals surface area contributed by atoms with Gasteiger partial charge in [0.1, 0.15) is 0 Å². The van der Waals surface area contributed by atoms with Crippen LogP contribution in [0.4, 0.5) is 13.2 Å². The molecule has 0 aliphatic carbocycles. The van der Waals surface area contributed by atoms with Gasteiger partial charge in [-0.15, -0.1) is 0 Å². The Labute approximate surface area is 117 Å². The quantitative estimate of drug-likeness (QED) is 0.743. The van der Waals surface area contributed by atoms with Crippen LogP contribution in [0.15, 0.2) is 18.5 Å². The monoisotopic (exact) mass is 290 g/mol. The molecule has 1 unspecified atom stereocenters. The molecular formula is C14H21F3N2O. The van der Waals surface area contributed by atoms with Crippen LogP contribution in [-0.2, 0) is 10.9 Å². The summed E-state index contributed by atoms with van der Waals surface area (Å²) in [4.78, 5) is 3.84. The molecule has 0 amide bonds. The fraction of sp³-hybridized carbons (Fsp3) is 0.643. The zero-order chi connectivity index (χ0) is 15.0. The summed E-state index contributed by atoms with van der Waals surface area (Å²) in [6.45, 7) is 5.54. The van der Waals surface area contributed by atoms with E-state index < -0.39 is 11.7 Å². The van der Waals surface area contributed by atoms with Gasteiger partial charge >= 0.3 is 6.18 Å². The Morgan fingerprint density at radius 2 is 2.10 bits per heavy atom. The molecule has 6 heteroatoms. The summed E-state index contributed by atoms with van der Waals surface area (Å²) in [5, 5.41) is 3.09. The van der Waals surface area contributed by atoms with Crippen LogP contribution in [0, 0.1) is 0 Å². The summed E-state index contributed by atoms with van der Waals surface area (Å²) >= 11 is 0. The Morgan fingerprint density at radius 1 is 1.35 bits per heavy atom. The standard InChI is InChI=1S/C14H21F3N2O/c1-3-19-13(6-5-9-20-4-2)11-10-18-8-7-12(11)14(15,16)17/h7-8,10,13,19H,3-6,9H2,1-2H3. The Bertz CT molecular complexity index is 396. The van der Waals surface area contributed by atoms with Crippen molar-refractivity contribution in [3.05, 3.63) is 29.6 Å². The van der Waals surface area contributed by atoms with Crippen LogP contribution in [0.2, 0.25) is 0 Å². The van der Waals surface area contributed by atoms with Crippen LogP contribution in [0.1, 0.15) is 43.9 Å². The minimum absolute atomic E-state index is 0.207. The van der Waals surface area contributed by atoms with E-state index in [-0.39, 0.29) is 11.6 Å². The minimum Gasteiger partial charge on any atom is -0.382 e. The van der Waals surface area contributed by atoms with Gasteiger partial charge in [0, 0.05) is 31.6 Å². The maximum atomic E-state index is 13.0. The van der Waals surface area contributed by atoms with Crippen molar-refractivity contribution >= 4 is 0 Å². The molecule has 0 spiro atoms. The van der Waals surface area contributed by atoms with E-state index in [9.17, 15) is 13.2 Å². The van der Waals surface area contributed by atoms with Crippen LogP contribution in [0.3, 0.4) is 0 Å². The maximum absolute atomic E-state index is 13.0. The molecule has 1 atom stereocenters. The van der Waals surface area contributed by atoms with Gasteiger partial charge in [-0.3, -0.25) is 4.98 Å². The Balaban J connectivity index is 2.85. The average molecular weight is 290 g/mol. The number of aromatic nitrogens is 1. The molecule has 0 aliphatic rings. The van der Waals surface area contributed by atoms with E-state index in [1.54, 1.807) is 0 Å². The van der Waals surface area contributed by atoms with Gasteiger partial charge in [-0.05, 0) is 37.9 Å². The molecule has 1 aromatic heterocycles. The molecule has 0 aromatic carbocycles. The molecule has 0 aliphatic heterocycles. The SMILES string of the molecule is CCNC(CCCOCC)c1cnccc1C(F)(F)F. The number of alkyl halides is 3. The van der Waals surface area contributed by atoms with E-state index in [1.807, 2.05) is 13.8 Å². The van der Waals surface area contributed by atoms with Gasteiger partial charge in [-0.25, -0.2) is 0 Å². The molecule has 1 aromatic rings. The number of halogens is 3. The van der Waals surface area contributed by atoms with E-state index in [4.69, 9.17) is 4.74 Å². The van der Waals surface area contributed by atoms with Gasteiger partial charge in [0.2, 0.25) is 0 Å². The number of nitrogens with one attached hydrogen (secondary N) is 1. The average Bonchev–Trinajstić information content (AvgIpc) is 2.41. The largest absolute Gasteiger partial charge is 0.416 e. The minimum atomic E-state index is -4.36. The third kappa shape index (κ3) is 5.09. The van der Waals surface area contributed by atoms with E-state index in [1.165, 1.54) is 12.4 Å². The van der Waals surface area contributed by atoms with Crippen molar-refractivity contribution in [3.8, 4) is 0 Å². The van der Waals surface area contributed by atoms with E-state index in [2.05, 4.69) is 10.3 Å². The first-order valence-corrected chi connectivity index (χ1v) is 6.82. The molecule has 1 rings (SSSR count). The van der Waals surface area contributed by atoms with Crippen molar-refractivity contribution in [2.45, 2.75) is 38.9 Å². The molecule has 0 saturated carbocycles. The fourth-order valence-electron chi connectivity index (χ4n) is 2.09.